The van der Waals surface area contributed by atoms with Crippen molar-refractivity contribution in [1.29, 1.82) is 0 Å². The summed E-state index contributed by atoms with van der Waals surface area (Å²) < 4.78 is 5.69. The number of H-pyrrole nitrogens is 1. The van der Waals surface area contributed by atoms with Crippen LogP contribution in [-0.2, 0) is 4.74 Å². The molecule has 6 heteroatoms. The summed E-state index contributed by atoms with van der Waals surface area (Å²) in [6.07, 6.45) is 4.53. The third kappa shape index (κ3) is 3.03. The van der Waals surface area contributed by atoms with Gasteiger partial charge in [-0.05, 0) is 19.3 Å². The van der Waals surface area contributed by atoms with Crippen molar-refractivity contribution in [2.45, 2.75) is 32.3 Å². The number of amides is 1. The molecule has 1 saturated heterocycles. The predicted octanol–water partition coefficient (Wildman–Crippen LogP) is 0.836. The third-order valence-corrected chi connectivity index (χ3v) is 2.84. The lowest BCUT2D eigenvalue weighted by Gasteiger charge is -2.32. The summed E-state index contributed by atoms with van der Waals surface area (Å²) in [6, 6.07) is 0. The number of aromatic nitrogens is 3. The van der Waals surface area contributed by atoms with Crippen molar-refractivity contribution in [2.75, 3.05) is 19.7 Å². The summed E-state index contributed by atoms with van der Waals surface area (Å²) in [4.78, 5) is 17.7. The average Bonchev–Trinajstić information content (AvgIpc) is 2.89. The highest BCUT2D eigenvalue weighted by Gasteiger charge is 2.26. The van der Waals surface area contributed by atoms with Crippen molar-refractivity contribution < 1.29 is 9.53 Å². The molecule has 6 nitrogen and oxygen atoms in total. The van der Waals surface area contributed by atoms with Gasteiger partial charge in [0.05, 0.1) is 6.10 Å². The minimum absolute atomic E-state index is 0.0905. The number of nitrogens with one attached hydrogen (secondary N) is 1. The van der Waals surface area contributed by atoms with Crippen LogP contribution in [0.2, 0.25) is 0 Å². The number of aromatic amines is 1. The maximum atomic E-state index is 12.0. The van der Waals surface area contributed by atoms with Gasteiger partial charge in [-0.3, -0.25) is 9.89 Å². The summed E-state index contributed by atoms with van der Waals surface area (Å²) >= 11 is 0. The first-order valence-corrected chi connectivity index (χ1v) is 6.07. The topological polar surface area (TPSA) is 71.1 Å². The number of nitrogens with zero attached hydrogens (tertiary/aromatic N) is 3. The van der Waals surface area contributed by atoms with Gasteiger partial charge in [0.2, 0.25) is 5.82 Å². The Morgan fingerprint density at radius 1 is 1.71 bits per heavy atom. The van der Waals surface area contributed by atoms with Crippen molar-refractivity contribution in [3.05, 3.63) is 12.2 Å². The fourth-order valence-electron chi connectivity index (χ4n) is 2.00. The highest BCUT2D eigenvalue weighted by Crippen LogP contribution is 2.14. The van der Waals surface area contributed by atoms with E-state index in [2.05, 4.69) is 22.1 Å². The molecule has 0 aliphatic carbocycles. The van der Waals surface area contributed by atoms with Gasteiger partial charge in [0, 0.05) is 19.7 Å². The molecule has 1 aliphatic heterocycles. The third-order valence-electron chi connectivity index (χ3n) is 2.84. The maximum absolute atomic E-state index is 12.0. The number of rotatable bonds is 4. The zero-order chi connectivity index (χ0) is 12.1. The van der Waals surface area contributed by atoms with Crippen LogP contribution in [0.4, 0.5) is 0 Å². The Balaban J connectivity index is 1.90. The van der Waals surface area contributed by atoms with Crippen LogP contribution in [0.15, 0.2) is 6.33 Å². The molecule has 1 aromatic rings. The Kier molecular flexibility index (Phi) is 4.08. The number of piperidine rings is 1. The fraction of sp³-hybridized carbons (Fsp3) is 0.727. The molecule has 0 saturated carbocycles. The second kappa shape index (κ2) is 5.77. The first kappa shape index (κ1) is 12.0. The Morgan fingerprint density at radius 2 is 2.59 bits per heavy atom. The van der Waals surface area contributed by atoms with E-state index in [-0.39, 0.29) is 12.0 Å². The number of carbonyl (C=O) groups is 1. The van der Waals surface area contributed by atoms with Gasteiger partial charge >= 0.3 is 0 Å². The quantitative estimate of drug-likeness (QED) is 0.843. The van der Waals surface area contributed by atoms with E-state index in [1.807, 2.05) is 0 Å². The molecular weight excluding hydrogens is 220 g/mol. The van der Waals surface area contributed by atoms with E-state index in [9.17, 15) is 4.79 Å². The molecule has 2 heterocycles. The average molecular weight is 238 g/mol. The second-order valence-corrected chi connectivity index (χ2v) is 4.22. The highest BCUT2D eigenvalue weighted by atomic mass is 16.5. The van der Waals surface area contributed by atoms with E-state index >= 15 is 0 Å². The van der Waals surface area contributed by atoms with Crippen LogP contribution in [0.1, 0.15) is 36.8 Å². The summed E-state index contributed by atoms with van der Waals surface area (Å²) in [5.41, 5.74) is 0. The maximum Gasteiger partial charge on any atom is 0.291 e. The molecule has 0 bridgehead atoms. The van der Waals surface area contributed by atoms with Crippen molar-refractivity contribution in [3.63, 3.8) is 0 Å². The number of hydrogen-bond acceptors (Lipinski definition) is 4. The van der Waals surface area contributed by atoms with E-state index in [4.69, 9.17) is 4.74 Å². The number of likely N-dealkylation sites (tertiary alicyclic amines) is 1. The van der Waals surface area contributed by atoms with E-state index in [0.717, 1.165) is 32.4 Å². The molecule has 2 rings (SSSR count). The van der Waals surface area contributed by atoms with Gasteiger partial charge in [0.15, 0.2) is 0 Å². The molecule has 1 aliphatic rings. The van der Waals surface area contributed by atoms with Crippen LogP contribution in [0.25, 0.3) is 0 Å². The first-order valence-electron chi connectivity index (χ1n) is 6.07. The highest BCUT2D eigenvalue weighted by molar-refractivity contribution is 5.90. The smallest absolute Gasteiger partial charge is 0.291 e. The van der Waals surface area contributed by atoms with Crippen LogP contribution in [0, 0.1) is 0 Å². The predicted molar refractivity (Wildman–Crippen MR) is 61.6 cm³/mol. The van der Waals surface area contributed by atoms with Crippen LogP contribution in [0.3, 0.4) is 0 Å². The van der Waals surface area contributed by atoms with Crippen LogP contribution in [0.5, 0.6) is 0 Å². The minimum Gasteiger partial charge on any atom is -0.376 e. The molecule has 0 aromatic carbocycles. The molecule has 0 spiro atoms. The molecule has 1 N–H and O–H groups in total. The second-order valence-electron chi connectivity index (χ2n) is 4.22. The Bertz CT molecular complexity index is 352. The Morgan fingerprint density at radius 3 is 3.29 bits per heavy atom. The molecule has 1 aromatic heterocycles. The van der Waals surface area contributed by atoms with Gasteiger partial charge in [-0.2, -0.15) is 5.10 Å². The lowest BCUT2D eigenvalue weighted by Crippen LogP contribution is -2.43. The Hall–Kier alpha value is -1.43. The zero-order valence-corrected chi connectivity index (χ0v) is 10.1. The summed E-state index contributed by atoms with van der Waals surface area (Å²) in [5, 5.41) is 6.29. The van der Waals surface area contributed by atoms with Gasteiger partial charge in [-0.25, -0.2) is 4.98 Å². The molecule has 94 valence electrons. The van der Waals surface area contributed by atoms with Gasteiger partial charge in [0.1, 0.15) is 6.33 Å². The summed E-state index contributed by atoms with van der Waals surface area (Å²) in [6.45, 7) is 4.26. The molecule has 1 fully saturated rings. The largest absolute Gasteiger partial charge is 0.376 e. The number of hydrogen-bond donors (Lipinski definition) is 1. The SMILES string of the molecule is CCCOC1CCCN(C(=O)c2ncn[nH]2)C1. The first-order chi connectivity index (χ1) is 8.31. The van der Waals surface area contributed by atoms with Gasteiger partial charge in [-0.1, -0.05) is 6.92 Å². The van der Waals surface area contributed by atoms with Gasteiger partial charge < -0.3 is 9.64 Å². The number of carbonyl (C=O) groups excluding carboxylic acids is 1. The lowest BCUT2D eigenvalue weighted by molar-refractivity contribution is 0.00173. The minimum atomic E-state index is -0.0905. The van der Waals surface area contributed by atoms with Crippen LogP contribution >= 0.6 is 0 Å². The fourth-order valence-corrected chi connectivity index (χ4v) is 2.00. The van der Waals surface area contributed by atoms with E-state index in [1.54, 1.807) is 4.90 Å². The van der Waals surface area contributed by atoms with Crippen LogP contribution < -0.4 is 0 Å². The molecular formula is C11H18N4O2. The monoisotopic (exact) mass is 238 g/mol. The van der Waals surface area contributed by atoms with E-state index in [0.29, 0.717) is 12.4 Å². The standard InChI is InChI=1S/C11H18N4O2/c1-2-6-17-9-4-3-5-15(7-9)11(16)10-12-8-13-14-10/h8-9H,2-7H2,1H3,(H,12,13,14). The van der Waals surface area contributed by atoms with Gasteiger partial charge in [-0.15, -0.1) is 0 Å². The lowest BCUT2D eigenvalue weighted by atomic mass is 10.1. The van der Waals surface area contributed by atoms with Crippen LogP contribution in [-0.4, -0.2) is 51.8 Å². The van der Waals surface area contributed by atoms with E-state index in [1.165, 1.54) is 6.33 Å². The molecule has 1 unspecified atom stereocenters. The molecule has 0 radical (unpaired) electrons. The van der Waals surface area contributed by atoms with Crippen molar-refractivity contribution in [1.82, 2.24) is 20.1 Å². The van der Waals surface area contributed by atoms with Crippen molar-refractivity contribution in [3.8, 4) is 0 Å². The van der Waals surface area contributed by atoms with Crippen molar-refractivity contribution >= 4 is 5.91 Å². The molecule has 17 heavy (non-hydrogen) atoms. The van der Waals surface area contributed by atoms with Gasteiger partial charge in [0.25, 0.3) is 5.91 Å². The Labute approximate surface area is 100 Å². The summed E-state index contributed by atoms with van der Waals surface area (Å²) in [7, 11) is 0. The van der Waals surface area contributed by atoms with Crippen molar-refractivity contribution in [2.24, 2.45) is 0 Å². The molecule has 1 atom stereocenters. The molecule has 1 amide bonds. The summed E-state index contributed by atoms with van der Waals surface area (Å²) in [5.74, 6) is 0.216. The number of ether oxygens (including phenoxy) is 1. The zero-order valence-electron chi connectivity index (χ0n) is 10.1. The van der Waals surface area contributed by atoms with E-state index < -0.39 is 0 Å². The normalized spacial score (nSPS) is 20.5.